The zero-order chi connectivity index (χ0) is 19.3. The molecule has 0 aromatic carbocycles. The lowest BCUT2D eigenvalue weighted by Gasteiger charge is -2.21. The van der Waals surface area contributed by atoms with Crippen molar-refractivity contribution in [3.05, 3.63) is 22.6 Å². The van der Waals surface area contributed by atoms with Crippen molar-refractivity contribution >= 4 is 39.1 Å². The average molecular weight is 432 g/mol. The van der Waals surface area contributed by atoms with E-state index in [4.69, 9.17) is 5.73 Å². The Hall–Kier alpha value is -2.67. The second-order valence-corrected chi connectivity index (χ2v) is 8.07. The normalized spacial score (nSPS) is 23.2. The fourth-order valence-corrected chi connectivity index (χ4v) is 3.90. The van der Waals surface area contributed by atoms with E-state index in [1.165, 1.54) is 6.20 Å². The maximum absolute atomic E-state index is 12.7. The van der Waals surface area contributed by atoms with Crippen LogP contribution in [-0.4, -0.2) is 50.4 Å². The van der Waals surface area contributed by atoms with Gasteiger partial charge in [-0.2, -0.15) is 10.4 Å². The molecule has 3 heterocycles. The molecule has 2 fully saturated rings. The Labute approximate surface area is 163 Å². The lowest BCUT2D eigenvalue weighted by atomic mass is 10.1. The van der Waals surface area contributed by atoms with Gasteiger partial charge in [-0.3, -0.25) is 9.59 Å². The second kappa shape index (κ2) is 6.20. The lowest BCUT2D eigenvalue weighted by molar-refractivity contribution is -0.134. The Balaban J connectivity index is 1.62. The van der Waals surface area contributed by atoms with Crippen molar-refractivity contribution < 1.29 is 9.59 Å². The number of carbonyl (C=O) groups is 2. The molecule has 4 rings (SSSR count). The molecular formula is C17H18BrN7O2. The summed E-state index contributed by atoms with van der Waals surface area (Å²) in [4.78, 5) is 30.6. The fourth-order valence-electron chi connectivity index (χ4n) is 3.54. The van der Waals surface area contributed by atoms with Crippen molar-refractivity contribution in [1.82, 2.24) is 19.5 Å². The Kier molecular flexibility index (Phi) is 4.07. The third-order valence-corrected chi connectivity index (χ3v) is 5.71. The van der Waals surface area contributed by atoms with Gasteiger partial charge in [-0.15, -0.1) is 0 Å². The number of aromatic nitrogens is 3. The molecule has 1 saturated carbocycles. The van der Waals surface area contributed by atoms with E-state index < -0.39 is 11.3 Å². The molecule has 2 aromatic rings. The summed E-state index contributed by atoms with van der Waals surface area (Å²) < 4.78 is 2.14. The van der Waals surface area contributed by atoms with Crippen LogP contribution in [0.25, 0.3) is 5.65 Å². The Morgan fingerprint density at radius 3 is 2.81 bits per heavy atom. The molecule has 0 radical (unpaired) electrons. The van der Waals surface area contributed by atoms with Gasteiger partial charge in [0.05, 0.1) is 29.7 Å². The van der Waals surface area contributed by atoms with Gasteiger partial charge in [-0.05, 0) is 34.7 Å². The van der Waals surface area contributed by atoms with Crippen molar-refractivity contribution in [2.24, 2.45) is 17.1 Å². The largest absolute Gasteiger partial charge is 0.376 e. The number of halogens is 1. The summed E-state index contributed by atoms with van der Waals surface area (Å²) in [6, 6.07) is 2.07. The minimum absolute atomic E-state index is 0.0942. The molecule has 2 aromatic heterocycles. The highest BCUT2D eigenvalue weighted by Crippen LogP contribution is 2.47. The van der Waals surface area contributed by atoms with Crippen LogP contribution in [0.15, 0.2) is 17.0 Å². The number of nitrogens with two attached hydrogens (primary N) is 1. The van der Waals surface area contributed by atoms with E-state index in [-0.39, 0.29) is 23.4 Å². The zero-order valence-corrected chi connectivity index (χ0v) is 16.2. The van der Waals surface area contributed by atoms with Crippen molar-refractivity contribution in [1.29, 1.82) is 5.26 Å². The van der Waals surface area contributed by atoms with E-state index in [1.54, 1.807) is 15.6 Å². The highest BCUT2D eigenvalue weighted by atomic mass is 79.9. The molecule has 27 heavy (non-hydrogen) atoms. The molecule has 10 heteroatoms. The fraction of sp³-hybridized carbons (Fsp3) is 0.471. The summed E-state index contributed by atoms with van der Waals surface area (Å²) in [5.74, 6) is -0.567. The number of nitrogens with one attached hydrogen (secondary N) is 1. The molecule has 0 bridgehead atoms. The SMILES string of the molecule is CC1CN(C(=O)C2(C#N)CC2)CC1Nc1c(C(N)=O)cnn2cc(Br)nc12. The zero-order valence-electron chi connectivity index (χ0n) is 14.6. The third kappa shape index (κ3) is 2.92. The van der Waals surface area contributed by atoms with Crippen LogP contribution in [0, 0.1) is 22.7 Å². The van der Waals surface area contributed by atoms with Crippen LogP contribution in [0.5, 0.6) is 0 Å². The molecule has 0 spiro atoms. The smallest absolute Gasteiger partial charge is 0.252 e. The first-order chi connectivity index (χ1) is 12.8. The molecule has 9 nitrogen and oxygen atoms in total. The molecule has 1 aliphatic carbocycles. The van der Waals surface area contributed by atoms with Gasteiger partial charge in [0, 0.05) is 19.1 Å². The molecule has 1 saturated heterocycles. The van der Waals surface area contributed by atoms with Gasteiger partial charge in [-0.1, -0.05) is 6.92 Å². The number of carbonyl (C=O) groups excluding carboxylic acids is 2. The van der Waals surface area contributed by atoms with Crippen LogP contribution < -0.4 is 11.1 Å². The highest BCUT2D eigenvalue weighted by molar-refractivity contribution is 9.10. The van der Waals surface area contributed by atoms with Crippen LogP contribution in [0.3, 0.4) is 0 Å². The summed E-state index contributed by atoms with van der Waals surface area (Å²) in [6.07, 6.45) is 4.35. The third-order valence-electron chi connectivity index (χ3n) is 5.33. The van der Waals surface area contributed by atoms with Crippen LogP contribution in [0.2, 0.25) is 0 Å². The van der Waals surface area contributed by atoms with E-state index in [2.05, 4.69) is 37.4 Å². The summed E-state index contributed by atoms with van der Waals surface area (Å²) >= 11 is 3.31. The van der Waals surface area contributed by atoms with E-state index in [0.29, 0.717) is 41.9 Å². The quantitative estimate of drug-likeness (QED) is 0.746. The van der Waals surface area contributed by atoms with Gasteiger partial charge >= 0.3 is 0 Å². The van der Waals surface area contributed by atoms with Gasteiger partial charge in [0.2, 0.25) is 5.91 Å². The van der Waals surface area contributed by atoms with Gasteiger partial charge in [0.25, 0.3) is 5.91 Å². The first kappa shape index (κ1) is 17.7. The van der Waals surface area contributed by atoms with Crippen LogP contribution in [0.1, 0.15) is 30.1 Å². The lowest BCUT2D eigenvalue weighted by Crippen LogP contribution is -2.36. The number of nitrogens with zero attached hydrogens (tertiary/aromatic N) is 5. The molecule has 140 valence electrons. The number of rotatable bonds is 4. The number of primary amides is 1. The number of imidazole rings is 1. The predicted octanol–water partition coefficient (Wildman–Crippen LogP) is 1.15. The van der Waals surface area contributed by atoms with Crippen LogP contribution >= 0.6 is 15.9 Å². The van der Waals surface area contributed by atoms with Gasteiger partial charge in [0.15, 0.2) is 5.65 Å². The number of fused-ring (bicyclic) bond motifs is 1. The number of amides is 2. The van der Waals surface area contributed by atoms with Gasteiger partial charge in [0.1, 0.15) is 10.0 Å². The van der Waals surface area contributed by atoms with E-state index in [1.807, 2.05) is 6.92 Å². The van der Waals surface area contributed by atoms with Crippen LogP contribution in [-0.2, 0) is 4.79 Å². The van der Waals surface area contributed by atoms with Gasteiger partial charge < -0.3 is 16.0 Å². The second-order valence-electron chi connectivity index (χ2n) is 7.26. The number of hydrogen-bond acceptors (Lipinski definition) is 6. The standard InChI is InChI=1S/C17H18BrN7O2/c1-9-5-24(16(27)17(8-19)2-3-17)6-11(9)22-13-10(14(20)26)4-21-25-7-12(18)23-15(13)25/h4,7,9,11,22H,2-3,5-6H2,1H3,(H2,20,26). The molecule has 3 N–H and O–H groups in total. The number of nitriles is 1. The number of anilines is 1. The Morgan fingerprint density at radius 1 is 1.44 bits per heavy atom. The molecule has 2 unspecified atom stereocenters. The summed E-state index contributed by atoms with van der Waals surface area (Å²) in [5, 5.41) is 16.8. The minimum Gasteiger partial charge on any atom is -0.376 e. The Bertz CT molecular complexity index is 991. The summed E-state index contributed by atoms with van der Waals surface area (Å²) in [5.41, 5.74) is 5.90. The molecule has 2 amide bonds. The Morgan fingerprint density at radius 2 is 2.19 bits per heavy atom. The molecule has 1 aliphatic heterocycles. The van der Waals surface area contributed by atoms with Crippen LogP contribution in [0.4, 0.5) is 5.69 Å². The average Bonchev–Trinajstić information content (AvgIpc) is 3.21. The molecule has 2 aliphatic rings. The minimum atomic E-state index is -0.828. The highest BCUT2D eigenvalue weighted by Gasteiger charge is 2.54. The predicted molar refractivity (Wildman–Crippen MR) is 99.6 cm³/mol. The first-order valence-corrected chi connectivity index (χ1v) is 9.45. The topological polar surface area (TPSA) is 129 Å². The van der Waals surface area contributed by atoms with Crippen molar-refractivity contribution in [3.8, 4) is 6.07 Å². The number of likely N-dealkylation sites (tertiary alicyclic amines) is 1. The van der Waals surface area contributed by atoms with E-state index in [0.717, 1.165) is 0 Å². The summed E-state index contributed by atoms with van der Waals surface area (Å²) in [7, 11) is 0. The maximum Gasteiger partial charge on any atom is 0.252 e. The maximum atomic E-state index is 12.7. The van der Waals surface area contributed by atoms with Crippen molar-refractivity contribution in [2.75, 3.05) is 18.4 Å². The van der Waals surface area contributed by atoms with E-state index in [9.17, 15) is 14.9 Å². The number of hydrogen-bond donors (Lipinski definition) is 2. The molecular weight excluding hydrogens is 414 g/mol. The summed E-state index contributed by atoms with van der Waals surface area (Å²) in [6.45, 7) is 3.05. The monoisotopic (exact) mass is 431 g/mol. The molecule has 2 atom stereocenters. The van der Waals surface area contributed by atoms with Crippen molar-refractivity contribution in [3.63, 3.8) is 0 Å². The van der Waals surface area contributed by atoms with Gasteiger partial charge in [-0.25, -0.2) is 9.50 Å². The first-order valence-electron chi connectivity index (χ1n) is 8.65. The van der Waals surface area contributed by atoms with Crippen molar-refractivity contribution in [2.45, 2.75) is 25.8 Å². The van der Waals surface area contributed by atoms with E-state index >= 15 is 0 Å².